The molecule has 0 bridgehead atoms. The molecule has 27 heavy (non-hydrogen) atoms. The van der Waals surface area contributed by atoms with Crippen LogP contribution in [0.25, 0.3) is 11.4 Å². The van der Waals surface area contributed by atoms with Crippen molar-refractivity contribution < 1.29 is 26.3 Å². The molecule has 0 aliphatic heterocycles. The highest BCUT2D eigenvalue weighted by Gasteiger charge is 2.38. The Morgan fingerprint density at radius 2 is 1.78 bits per heavy atom. The molecule has 2 heterocycles. The maximum absolute atomic E-state index is 13.3. The van der Waals surface area contributed by atoms with Gasteiger partial charge in [0.2, 0.25) is 0 Å². The molecule has 0 spiro atoms. The summed E-state index contributed by atoms with van der Waals surface area (Å²) in [7, 11) is 0. The van der Waals surface area contributed by atoms with Gasteiger partial charge in [0, 0.05) is 12.7 Å². The van der Waals surface area contributed by atoms with Crippen LogP contribution >= 0.6 is 0 Å². The number of rotatable bonds is 3. The van der Waals surface area contributed by atoms with Crippen LogP contribution in [0.3, 0.4) is 0 Å². The Morgan fingerprint density at radius 1 is 1.04 bits per heavy atom. The molecule has 0 radical (unpaired) electrons. The summed E-state index contributed by atoms with van der Waals surface area (Å²) in [6.45, 7) is -0.368. The average molecular weight is 385 g/mol. The Hall–Kier alpha value is -3.29. The lowest BCUT2D eigenvalue weighted by Crippen LogP contribution is -2.15. The quantitative estimate of drug-likeness (QED) is 0.686. The van der Waals surface area contributed by atoms with Gasteiger partial charge in [-0.3, -0.25) is 0 Å². The number of nitriles is 1. The zero-order valence-electron chi connectivity index (χ0n) is 13.2. The molecule has 0 saturated heterocycles. The molecule has 5 nitrogen and oxygen atoms in total. The molecule has 0 fully saturated rings. The number of aromatic amines is 1. The second-order valence-corrected chi connectivity index (χ2v) is 5.52. The summed E-state index contributed by atoms with van der Waals surface area (Å²) in [5, 5.41) is 18.7. The van der Waals surface area contributed by atoms with Crippen LogP contribution < -0.4 is 0 Å². The van der Waals surface area contributed by atoms with Gasteiger partial charge in [-0.2, -0.15) is 41.9 Å². The fourth-order valence-corrected chi connectivity index (χ4v) is 2.59. The molecule has 0 aliphatic rings. The minimum Gasteiger partial charge on any atom is -0.342 e. The standard InChI is InChI=1S/C16H9F6N5/c17-15(18,19)10-4-3-9(11(6-10)16(20,21)22)8-27-5-1-2-13(27)14-12(7-23)24-26-25-14/h1-6H,8H2,(H,24,25,26). The van der Waals surface area contributed by atoms with E-state index in [9.17, 15) is 26.3 Å². The highest BCUT2D eigenvalue weighted by atomic mass is 19.4. The van der Waals surface area contributed by atoms with E-state index in [1.807, 2.05) is 0 Å². The molecular weight excluding hydrogens is 376 g/mol. The molecule has 1 aromatic carbocycles. The molecule has 140 valence electrons. The number of nitrogens with zero attached hydrogens (tertiary/aromatic N) is 4. The highest BCUT2D eigenvalue weighted by molar-refractivity contribution is 5.61. The fourth-order valence-electron chi connectivity index (χ4n) is 2.59. The third-order valence-electron chi connectivity index (χ3n) is 3.81. The van der Waals surface area contributed by atoms with E-state index in [0.717, 1.165) is 6.07 Å². The van der Waals surface area contributed by atoms with Crippen molar-refractivity contribution in [1.29, 1.82) is 5.26 Å². The molecule has 11 heteroatoms. The zero-order valence-corrected chi connectivity index (χ0v) is 13.2. The molecule has 3 aromatic rings. The number of aromatic nitrogens is 4. The van der Waals surface area contributed by atoms with Crippen molar-refractivity contribution in [1.82, 2.24) is 20.0 Å². The van der Waals surface area contributed by atoms with Crippen LogP contribution in [0, 0.1) is 11.3 Å². The van der Waals surface area contributed by atoms with E-state index in [2.05, 4.69) is 15.4 Å². The van der Waals surface area contributed by atoms with Gasteiger partial charge in [0.1, 0.15) is 11.8 Å². The first-order valence-electron chi connectivity index (χ1n) is 7.35. The SMILES string of the molecule is N#Cc1n[nH]nc1-c1cccn1Cc1ccc(C(F)(F)F)cc1C(F)(F)F. The summed E-state index contributed by atoms with van der Waals surface area (Å²) < 4.78 is 79.5. The van der Waals surface area contributed by atoms with Gasteiger partial charge in [0.15, 0.2) is 5.69 Å². The van der Waals surface area contributed by atoms with Crippen molar-refractivity contribution in [3.8, 4) is 17.5 Å². The summed E-state index contributed by atoms with van der Waals surface area (Å²) in [6.07, 6.45) is -8.42. The highest BCUT2D eigenvalue weighted by Crippen LogP contribution is 2.38. The molecule has 0 saturated carbocycles. The van der Waals surface area contributed by atoms with Crippen molar-refractivity contribution in [3.05, 3.63) is 58.9 Å². The van der Waals surface area contributed by atoms with Crippen molar-refractivity contribution in [2.45, 2.75) is 18.9 Å². The van der Waals surface area contributed by atoms with E-state index < -0.39 is 23.5 Å². The van der Waals surface area contributed by atoms with Crippen LogP contribution in [0.5, 0.6) is 0 Å². The van der Waals surface area contributed by atoms with Crippen molar-refractivity contribution >= 4 is 0 Å². The number of nitrogens with one attached hydrogen (secondary N) is 1. The van der Waals surface area contributed by atoms with Gasteiger partial charge in [-0.25, -0.2) is 0 Å². The van der Waals surface area contributed by atoms with Crippen LogP contribution in [0.4, 0.5) is 26.3 Å². The number of halogens is 6. The Balaban J connectivity index is 2.05. The summed E-state index contributed by atoms with van der Waals surface area (Å²) in [5.41, 5.74) is -2.74. The van der Waals surface area contributed by atoms with Gasteiger partial charge < -0.3 is 4.57 Å². The van der Waals surface area contributed by atoms with E-state index in [0.29, 0.717) is 11.8 Å². The second-order valence-electron chi connectivity index (χ2n) is 5.52. The van der Waals surface area contributed by atoms with E-state index in [-0.39, 0.29) is 29.6 Å². The minimum atomic E-state index is -4.96. The first-order valence-corrected chi connectivity index (χ1v) is 7.35. The number of hydrogen-bond acceptors (Lipinski definition) is 3. The Kier molecular flexibility index (Phi) is 4.43. The lowest BCUT2D eigenvalue weighted by molar-refractivity contribution is -0.143. The van der Waals surface area contributed by atoms with E-state index in [4.69, 9.17) is 5.26 Å². The monoisotopic (exact) mass is 385 g/mol. The summed E-state index contributed by atoms with van der Waals surface area (Å²) >= 11 is 0. The predicted octanol–water partition coefficient (Wildman–Crippen LogP) is 4.23. The summed E-state index contributed by atoms with van der Waals surface area (Å²) in [6, 6.07) is 6.31. The second kappa shape index (κ2) is 6.46. The predicted molar refractivity (Wildman–Crippen MR) is 80.1 cm³/mol. The summed E-state index contributed by atoms with van der Waals surface area (Å²) in [5.74, 6) is 0. The Labute approximate surface area is 147 Å². The molecule has 0 amide bonds. The summed E-state index contributed by atoms with van der Waals surface area (Å²) in [4.78, 5) is 0. The number of H-pyrrole nitrogens is 1. The molecule has 3 rings (SSSR count). The van der Waals surface area contributed by atoms with Crippen LogP contribution in [-0.2, 0) is 18.9 Å². The van der Waals surface area contributed by atoms with Crippen LogP contribution in [0.15, 0.2) is 36.5 Å². The van der Waals surface area contributed by atoms with E-state index in [1.54, 1.807) is 6.07 Å². The number of benzene rings is 1. The van der Waals surface area contributed by atoms with Gasteiger partial charge in [-0.15, -0.1) is 5.10 Å². The Bertz CT molecular complexity index is 1010. The van der Waals surface area contributed by atoms with E-state index >= 15 is 0 Å². The van der Waals surface area contributed by atoms with Crippen LogP contribution in [-0.4, -0.2) is 20.0 Å². The molecule has 1 N–H and O–H groups in total. The third-order valence-corrected chi connectivity index (χ3v) is 3.81. The van der Waals surface area contributed by atoms with Crippen LogP contribution in [0.2, 0.25) is 0 Å². The van der Waals surface area contributed by atoms with Gasteiger partial charge in [0.05, 0.1) is 16.8 Å². The molecule has 2 aromatic heterocycles. The minimum absolute atomic E-state index is 0.0570. The maximum Gasteiger partial charge on any atom is 0.416 e. The van der Waals surface area contributed by atoms with Crippen molar-refractivity contribution in [2.24, 2.45) is 0 Å². The smallest absolute Gasteiger partial charge is 0.342 e. The zero-order chi connectivity index (χ0) is 19.8. The lowest BCUT2D eigenvalue weighted by atomic mass is 10.0. The molecule has 0 aliphatic carbocycles. The van der Waals surface area contributed by atoms with E-state index in [1.165, 1.54) is 22.9 Å². The van der Waals surface area contributed by atoms with Gasteiger partial charge in [-0.05, 0) is 29.8 Å². The van der Waals surface area contributed by atoms with Gasteiger partial charge >= 0.3 is 12.4 Å². The number of alkyl halides is 6. The first kappa shape index (κ1) is 18.5. The maximum atomic E-state index is 13.3. The topological polar surface area (TPSA) is 70.3 Å². The van der Waals surface area contributed by atoms with Crippen LogP contribution in [0.1, 0.15) is 22.4 Å². The molecule has 0 atom stereocenters. The van der Waals surface area contributed by atoms with Gasteiger partial charge in [-0.1, -0.05) is 6.07 Å². The van der Waals surface area contributed by atoms with Crippen molar-refractivity contribution in [2.75, 3.05) is 0 Å². The average Bonchev–Trinajstić information content (AvgIpc) is 3.21. The Morgan fingerprint density at radius 3 is 2.41 bits per heavy atom. The fraction of sp³-hybridized carbons (Fsp3) is 0.188. The third kappa shape index (κ3) is 3.64. The number of hydrogen-bond donors (Lipinski definition) is 1. The van der Waals surface area contributed by atoms with Gasteiger partial charge in [0.25, 0.3) is 0 Å². The first-order chi connectivity index (χ1) is 12.6. The molecule has 0 unspecified atom stereocenters. The normalized spacial score (nSPS) is 12.2. The van der Waals surface area contributed by atoms with Crippen molar-refractivity contribution in [3.63, 3.8) is 0 Å². The lowest BCUT2D eigenvalue weighted by Gasteiger charge is -2.17. The largest absolute Gasteiger partial charge is 0.416 e. The molecular formula is C16H9F6N5.